The number of aryl methyl sites for hydroxylation is 3. The summed E-state index contributed by atoms with van der Waals surface area (Å²) < 4.78 is 1.40. The Balaban J connectivity index is 1.89. The molecule has 25 heavy (non-hydrogen) atoms. The number of aromatic nitrogens is 2. The normalized spacial score (nSPS) is 10.7. The largest absolute Gasteiger partial charge is 0.323 e. The average Bonchev–Trinajstić information content (AvgIpc) is 2.54. The fourth-order valence-corrected chi connectivity index (χ4v) is 2.62. The maximum Gasteiger partial charge on any atom is 0.323 e. The van der Waals surface area contributed by atoms with E-state index in [1.807, 2.05) is 26.0 Å². The van der Waals surface area contributed by atoms with Crippen LogP contribution < -0.4 is 16.2 Å². The van der Waals surface area contributed by atoms with E-state index in [4.69, 9.17) is 11.6 Å². The molecule has 2 aromatic heterocycles. The van der Waals surface area contributed by atoms with Crippen molar-refractivity contribution >= 4 is 34.7 Å². The van der Waals surface area contributed by atoms with Gasteiger partial charge in [0.25, 0.3) is 5.56 Å². The third kappa shape index (κ3) is 3.49. The molecule has 0 fully saturated rings. The van der Waals surface area contributed by atoms with Gasteiger partial charge in [-0.25, -0.2) is 9.78 Å². The van der Waals surface area contributed by atoms with Gasteiger partial charge in [0.15, 0.2) is 0 Å². The molecular weight excluding hydrogens is 340 g/mol. The van der Waals surface area contributed by atoms with Gasteiger partial charge in [-0.1, -0.05) is 17.7 Å². The number of nitrogens with zero attached hydrogens (tertiary/aromatic N) is 2. The van der Waals surface area contributed by atoms with Crippen LogP contribution in [-0.2, 0) is 0 Å². The summed E-state index contributed by atoms with van der Waals surface area (Å²) in [6, 6.07) is 8.28. The molecule has 0 radical (unpaired) electrons. The Morgan fingerprint density at radius 2 is 1.88 bits per heavy atom. The lowest BCUT2D eigenvalue weighted by Crippen LogP contribution is -2.27. The summed E-state index contributed by atoms with van der Waals surface area (Å²) in [5, 5.41) is 5.79. The predicted octanol–water partition coefficient (Wildman–Crippen LogP) is 3.92. The molecule has 1 aromatic carbocycles. The number of urea groups is 1. The van der Waals surface area contributed by atoms with Gasteiger partial charge in [0, 0.05) is 16.9 Å². The number of fused-ring (bicyclic) bond motifs is 1. The van der Waals surface area contributed by atoms with Gasteiger partial charge < -0.3 is 10.6 Å². The van der Waals surface area contributed by atoms with Gasteiger partial charge in [0.1, 0.15) is 11.3 Å². The van der Waals surface area contributed by atoms with Gasteiger partial charge in [-0.3, -0.25) is 9.20 Å². The molecule has 0 unspecified atom stereocenters. The number of nitrogens with one attached hydrogen (secondary N) is 2. The fraction of sp³-hybridized carbons (Fsp3) is 0.167. The Labute approximate surface area is 149 Å². The topological polar surface area (TPSA) is 75.5 Å². The van der Waals surface area contributed by atoms with E-state index >= 15 is 0 Å². The van der Waals surface area contributed by atoms with Crippen LogP contribution in [0.1, 0.15) is 16.8 Å². The summed E-state index contributed by atoms with van der Waals surface area (Å²) in [5.74, 6) is 0. The number of hydrogen-bond acceptors (Lipinski definition) is 3. The van der Waals surface area contributed by atoms with Crippen LogP contribution in [0, 0.1) is 20.8 Å². The van der Waals surface area contributed by atoms with E-state index in [2.05, 4.69) is 15.6 Å². The second-order valence-electron chi connectivity index (χ2n) is 5.85. The van der Waals surface area contributed by atoms with E-state index < -0.39 is 6.03 Å². The van der Waals surface area contributed by atoms with Crippen molar-refractivity contribution in [2.45, 2.75) is 20.8 Å². The lowest BCUT2D eigenvalue weighted by Gasteiger charge is -2.11. The third-order valence-electron chi connectivity index (χ3n) is 3.84. The van der Waals surface area contributed by atoms with E-state index in [1.165, 1.54) is 4.40 Å². The van der Waals surface area contributed by atoms with Crippen molar-refractivity contribution in [3.63, 3.8) is 0 Å². The molecule has 2 amide bonds. The van der Waals surface area contributed by atoms with E-state index in [0.29, 0.717) is 22.1 Å². The fourth-order valence-electron chi connectivity index (χ4n) is 2.44. The number of rotatable bonds is 2. The molecule has 0 saturated carbocycles. The molecule has 128 valence electrons. The van der Waals surface area contributed by atoms with Crippen molar-refractivity contribution in [2.24, 2.45) is 0 Å². The van der Waals surface area contributed by atoms with Crippen LogP contribution in [-0.4, -0.2) is 15.4 Å². The first-order valence-corrected chi connectivity index (χ1v) is 8.07. The molecule has 0 atom stereocenters. The molecule has 3 aromatic rings. The van der Waals surface area contributed by atoms with Crippen LogP contribution in [0.15, 0.2) is 41.3 Å². The smallest absolute Gasteiger partial charge is 0.308 e. The quantitative estimate of drug-likeness (QED) is 0.730. The van der Waals surface area contributed by atoms with Crippen LogP contribution in [0.25, 0.3) is 5.65 Å². The second-order valence-corrected chi connectivity index (χ2v) is 6.26. The lowest BCUT2D eigenvalue weighted by atomic mass is 10.2. The highest BCUT2D eigenvalue weighted by Crippen LogP contribution is 2.20. The molecular formula is C18H17ClN4O2. The Morgan fingerprint density at radius 1 is 1.12 bits per heavy atom. The first-order chi connectivity index (χ1) is 11.8. The van der Waals surface area contributed by atoms with Gasteiger partial charge in [0.2, 0.25) is 0 Å². The maximum atomic E-state index is 12.6. The number of hydrogen-bond donors (Lipinski definition) is 2. The number of carbonyl (C=O) groups is 1. The Hall–Kier alpha value is -2.86. The summed E-state index contributed by atoms with van der Waals surface area (Å²) in [6.07, 6.45) is 1.64. The number of anilines is 2. The predicted molar refractivity (Wildman–Crippen MR) is 99.8 cm³/mol. The minimum atomic E-state index is -0.533. The van der Waals surface area contributed by atoms with E-state index in [9.17, 15) is 9.59 Å². The highest BCUT2D eigenvalue weighted by Gasteiger charge is 2.13. The second kappa shape index (κ2) is 6.57. The summed E-state index contributed by atoms with van der Waals surface area (Å²) >= 11 is 6.05. The van der Waals surface area contributed by atoms with Crippen LogP contribution in [0.5, 0.6) is 0 Å². The number of halogens is 1. The van der Waals surface area contributed by atoms with Gasteiger partial charge in [-0.2, -0.15) is 0 Å². The Morgan fingerprint density at radius 3 is 2.60 bits per heavy atom. The third-order valence-corrected chi connectivity index (χ3v) is 4.24. The molecule has 0 bridgehead atoms. The zero-order chi connectivity index (χ0) is 18.1. The van der Waals surface area contributed by atoms with Crippen molar-refractivity contribution in [2.75, 3.05) is 10.6 Å². The molecule has 0 saturated heterocycles. The van der Waals surface area contributed by atoms with Crippen molar-refractivity contribution in [1.82, 2.24) is 9.38 Å². The number of pyridine rings is 1. The van der Waals surface area contributed by atoms with Crippen molar-refractivity contribution in [1.29, 1.82) is 0 Å². The van der Waals surface area contributed by atoms with Crippen LogP contribution in [0.2, 0.25) is 5.02 Å². The van der Waals surface area contributed by atoms with Crippen LogP contribution in [0.4, 0.5) is 16.2 Å². The van der Waals surface area contributed by atoms with Crippen LogP contribution in [0.3, 0.4) is 0 Å². The number of benzene rings is 1. The molecule has 2 heterocycles. The molecule has 7 heteroatoms. The average molecular weight is 357 g/mol. The maximum absolute atomic E-state index is 12.6. The van der Waals surface area contributed by atoms with E-state index in [0.717, 1.165) is 11.1 Å². The molecule has 0 aliphatic rings. The Bertz CT molecular complexity index is 1040. The molecule has 0 spiro atoms. The summed E-state index contributed by atoms with van der Waals surface area (Å²) in [7, 11) is 0. The van der Waals surface area contributed by atoms with Crippen LogP contribution >= 0.6 is 11.6 Å². The van der Waals surface area contributed by atoms with Crippen molar-refractivity contribution in [3.05, 3.63) is 68.7 Å². The standard InChI is InChI=1S/C18H17ClN4O2/c1-10-6-7-23-15(8-10)20-12(3)16(17(23)24)22-18(25)21-13-5-4-11(2)14(19)9-13/h4-9H,1-3H3,(H2,21,22,25). The number of carbonyl (C=O) groups excluding carboxylic acids is 1. The molecule has 6 nitrogen and oxygen atoms in total. The molecule has 0 aliphatic heterocycles. The van der Waals surface area contributed by atoms with E-state index in [-0.39, 0.29) is 11.2 Å². The minimum absolute atomic E-state index is 0.136. The van der Waals surface area contributed by atoms with E-state index in [1.54, 1.807) is 31.3 Å². The summed E-state index contributed by atoms with van der Waals surface area (Å²) in [6.45, 7) is 5.48. The van der Waals surface area contributed by atoms with Gasteiger partial charge in [-0.05, 0) is 56.2 Å². The summed E-state index contributed by atoms with van der Waals surface area (Å²) in [4.78, 5) is 29.2. The first-order valence-electron chi connectivity index (χ1n) is 7.69. The highest BCUT2D eigenvalue weighted by atomic mass is 35.5. The highest BCUT2D eigenvalue weighted by molar-refractivity contribution is 6.31. The minimum Gasteiger partial charge on any atom is -0.308 e. The SMILES string of the molecule is Cc1ccn2c(=O)c(NC(=O)Nc3ccc(C)c(Cl)c3)c(C)nc2c1. The Kier molecular flexibility index (Phi) is 4.46. The zero-order valence-electron chi connectivity index (χ0n) is 14.1. The van der Waals surface area contributed by atoms with Gasteiger partial charge in [-0.15, -0.1) is 0 Å². The zero-order valence-corrected chi connectivity index (χ0v) is 14.8. The monoisotopic (exact) mass is 356 g/mol. The molecule has 3 rings (SSSR count). The van der Waals surface area contributed by atoms with Gasteiger partial charge in [0.05, 0.1) is 5.69 Å². The lowest BCUT2D eigenvalue weighted by molar-refractivity contribution is 0.262. The van der Waals surface area contributed by atoms with Crippen molar-refractivity contribution < 1.29 is 4.79 Å². The van der Waals surface area contributed by atoms with Gasteiger partial charge >= 0.3 is 6.03 Å². The summed E-state index contributed by atoms with van der Waals surface area (Å²) in [5.41, 5.74) is 3.25. The van der Waals surface area contributed by atoms with Crippen molar-refractivity contribution in [3.8, 4) is 0 Å². The number of amides is 2. The molecule has 2 N–H and O–H groups in total. The molecule has 0 aliphatic carbocycles. The first kappa shape index (κ1) is 17.0.